The van der Waals surface area contributed by atoms with Gasteiger partial charge >= 0.3 is 0 Å². The molecule has 13 rings (SSSR count). The molecule has 4 heteroatoms. The number of allylic oxidation sites excluding steroid dienone is 2. The molecule has 2 unspecified atom stereocenters. The van der Waals surface area contributed by atoms with Gasteiger partial charge in [0.05, 0.1) is 22.1 Å². The molecule has 8 aromatic carbocycles. The van der Waals surface area contributed by atoms with Crippen LogP contribution in [0.2, 0.25) is 0 Å². The Balaban J connectivity index is 1.01. The lowest BCUT2D eigenvalue weighted by Crippen LogP contribution is -2.15. The van der Waals surface area contributed by atoms with Gasteiger partial charge in [0.15, 0.2) is 0 Å². The Morgan fingerprint density at radius 1 is 0.414 bits per heavy atom. The predicted molar refractivity (Wildman–Crippen MR) is 244 cm³/mol. The van der Waals surface area contributed by atoms with Crippen molar-refractivity contribution in [3.8, 4) is 39.4 Å². The molecule has 0 amide bonds. The molecule has 3 aromatic heterocycles. The maximum Gasteiger partial charge on any atom is 0.128 e. The van der Waals surface area contributed by atoms with E-state index in [1.807, 2.05) is 11.3 Å². The fourth-order valence-electron chi connectivity index (χ4n) is 9.85. The topological polar surface area (TPSA) is 19.1 Å². The van der Waals surface area contributed by atoms with Crippen LogP contribution in [0.15, 0.2) is 194 Å². The molecule has 0 spiro atoms. The molecule has 3 nitrogen and oxygen atoms in total. The van der Waals surface area contributed by atoms with Gasteiger partial charge in [0, 0.05) is 64.6 Å². The summed E-state index contributed by atoms with van der Waals surface area (Å²) in [6, 6.07) is 62.5. The number of benzene rings is 8. The summed E-state index contributed by atoms with van der Waals surface area (Å²) in [6.07, 6.45) is 8.72. The van der Waals surface area contributed by atoms with E-state index in [2.05, 4.69) is 203 Å². The van der Waals surface area contributed by atoms with Crippen molar-refractivity contribution in [2.24, 2.45) is 0 Å². The van der Waals surface area contributed by atoms with Gasteiger partial charge in [-0.05, 0) is 89.0 Å². The van der Waals surface area contributed by atoms with E-state index in [9.17, 15) is 0 Å². The van der Waals surface area contributed by atoms with Crippen molar-refractivity contribution in [2.75, 3.05) is 0 Å². The van der Waals surface area contributed by atoms with Gasteiger partial charge in [-0.2, -0.15) is 0 Å². The molecule has 1 aliphatic carbocycles. The van der Waals surface area contributed by atoms with Crippen LogP contribution in [-0.4, -0.2) is 15.2 Å². The van der Waals surface area contributed by atoms with Crippen LogP contribution in [0, 0.1) is 0 Å². The largest absolute Gasteiger partial charge is 0.485 e. The summed E-state index contributed by atoms with van der Waals surface area (Å²) in [6.45, 7) is 0. The second-order valence-electron chi connectivity index (χ2n) is 15.6. The van der Waals surface area contributed by atoms with E-state index in [1.165, 1.54) is 97.3 Å². The van der Waals surface area contributed by atoms with E-state index in [4.69, 9.17) is 4.74 Å². The summed E-state index contributed by atoms with van der Waals surface area (Å²) in [5.74, 6) is 1.24. The predicted octanol–water partition coefficient (Wildman–Crippen LogP) is 14.6. The minimum Gasteiger partial charge on any atom is -0.485 e. The average Bonchev–Trinajstić information content (AvgIpc) is 4.04. The second kappa shape index (κ2) is 12.2. The van der Waals surface area contributed by atoms with E-state index in [-0.39, 0.29) is 12.0 Å². The molecular weight excluding hydrogens is 725 g/mol. The molecule has 0 saturated carbocycles. The number of fused-ring (bicyclic) bond motifs is 14. The Kier molecular flexibility index (Phi) is 6.72. The zero-order valence-electron chi connectivity index (χ0n) is 31.3. The third-order valence-corrected chi connectivity index (χ3v) is 13.7. The third kappa shape index (κ3) is 4.55. The SMILES string of the molecule is C1=CC2Oc3ccc(-c4cccc(-n5c6ccccc6c6c7sc8c(ccc9c8c8ccccc8n9-c8cccc(-c9ccccc9)c8)c7ccc65)c4)cc3C2C=C1. The summed E-state index contributed by atoms with van der Waals surface area (Å²) in [7, 11) is 0. The number of rotatable bonds is 4. The first kappa shape index (κ1) is 32.0. The fraction of sp³-hybridized carbons (Fsp3) is 0.0370. The van der Waals surface area contributed by atoms with Crippen LogP contribution in [0.3, 0.4) is 0 Å². The number of para-hydroxylation sites is 2. The van der Waals surface area contributed by atoms with Gasteiger partial charge in [0.2, 0.25) is 0 Å². The van der Waals surface area contributed by atoms with Crippen LogP contribution in [0.4, 0.5) is 0 Å². The lowest BCUT2D eigenvalue weighted by atomic mass is 9.90. The van der Waals surface area contributed by atoms with Crippen molar-refractivity contribution in [1.29, 1.82) is 0 Å². The molecule has 272 valence electrons. The summed E-state index contributed by atoms with van der Waals surface area (Å²) in [5.41, 5.74) is 13.3. The van der Waals surface area contributed by atoms with Gasteiger partial charge in [-0.25, -0.2) is 0 Å². The molecule has 0 bridgehead atoms. The molecule has 0 N–H and O–H groups in total. The van der Waals surface area contributed by atoms with Gasteiger partial charge in [-0.1, -0.05) is 127 Å². The molecule has 0 fully saturated rings. The second-order valence-corrected chi connectivity index (χ2v) is 16.6. The Hall–Kier alpha value is -7.14. The zero-order valence-corrected chi connectivity index (χ0v) is 32.2. The highest BCUT2D eigenvalue weighted by atomic mass is 32.1. The lowest BCUT2D eigenvalue weighted by molar-refractivity contribution is 0.269. The molecule has 4 heterocycles. The minimum absolute atomic E-state index is 0.0802. The van der Waals surface area contributed by atoms with Crippen molar-refractivity contribution in [2.45, 2.75) is 12.0 Å². The minimum atomic E-state index is 0.0802. The van der Waals surface area contributed by atoms with E-state index in [0.29, 0.717) is 0 Å². The Morgan fingerprint density at radius 3 is 1.62 bits per heavy atom. The highest BCUT2D eigenvalue weighted by molar-refractivity contribution is 7.27. The van der Waals surface area contributed by atoms with Gasteiger partial charge in [-0.3, -0.25) is 0 Å². The van der Waals surface area contributed by atoms with Crippen molar-refractivity contribution in [3.05, 3.63) is 200 Å². The number of hydrogen-bond acceptors (Lipinski definition) is 2. The zero-order chi connectivity index (χ0) is 37.9. The average molecular weight is 759 g/mol. The van der Waals surface area contributed by atoms with Crippen molar-refractivity contribution in [3.63, 3.8) is 0 Å². The molecule has 58 heavy (non-hydrogen) atoms. The van der Waals surface area contributed by atoms with Crippen molar-refractivity contribution in [1.82, 2.24) is 9.13 Å². The van der Waals surface area contributed by atoms with Crippen LogP contribution in [0.5, 0.6) is 5.75 Å². The lowest BCUT2D eigenvalue weighted by Gasteiger charge is -2.14. The smallest absolute Gasteiger partial charge is 0.128 e. The highest BCUT2D eigenvalue weighted by Crippen LogP contribution is 2.48. The number of aromatic nitrogens is 2. The summed E-state index contributed by atoms with van der Waals surface area (Å²) in [5, 5.41) is 7.79. The first-order valence-corrected chi connectivity index (χ1v) is 20.8. The van der Waals surface area contributed by atoms with Crippen LogP contribution in [-0.2, 0) is 0 Å². The van der Waals surface area contributed by atoms with Gasteiger partial charge in [0.1, 0.15) is 11.9 Å². The normalized spacial score (nSPS) is 15.9. The van der Waals surface area contributed by atoms with Gasteiger partial charge in [0.25, 0.3) is 0 Å². The fourth-order valence-corrected chi connectivity index (χ4v) is 11.3. The molecule has 1 aliphatic heterocycles. The Bertz CT molecular complexity index is 3560. The van der Waals surface area contributed by atoms with E-state index in [0.717, 1.165) is 11.4 Å². The van der Waals surface area contributed by atoms with Crippen LogP contribution in [0.1, 0.15) is 11.5 Å². The molecule has 2 aliphatic rings. The number of ether oxygens (including phenoxy) is 1. The summed E-state index contributed by atoms with van der Waals surface area (Å²) in [4.78, 5) is 0. The van der Waals surface area contributed by atoms with Gasteiger partial charge < -0.3 is 13.9 Å². The van der Waals surface area contributed by atoms with Crippen LogP contribution in [0.25, 0.3) is 97.4 Å². The Morgan fingerprint density at radius 2 is 0.966 bits per heavy atom. The number of thiophene rings is 1. The maximum absolute atomic E-state index is 6.28. The summed E-state index contributed by atoms with van der Waals surface area (Å²) >= 11 is 1.94. The molecular formula is C54H34N2OS. The number of nitrogens with zero attached hydrogens (tertiary/aromatic N) is 2. The van der Waals surface area contributed by atoms with Crippen LogP contribution < -0.4 is 4.74 Å². The van der Waals surface area contributed by atoms with Crippen molar-refractivity contribution < 1.29 is 4.74 Å². The van der Waals surface area contributed by atoms with Crippen molar-refractivity contribution >= 4 is 75.1 Å². The first-order valence-electron chi connectivity index (χ1n) is 20.0. The molecule has 2 atom stereocenters. The van der Waals surface area contributed by atoms with E-state index >= 15 is 0 Å². The maximum atomic E-state index is 6.28. The monoisotopic (exact) mass is 758 g/mol. The van der Waals surface area contributed by atoms with Gasteiger partial charge in [-0.15, -0.1) is 11.3 Å². The molecule has 0 saturated heterocycles. The van der Waals surface area contributed by atoms with E-state index in [1.54, 1.807) is 0 Å². The standard InChI is InChI=1S/C54H34N2OS/c1-2-12-33(13-3-1)34-14-10-16-37(30-34)55-45-21-7-4-19-42(45)51-47(55)27-25-40-41-26-28-48-52(54(41)58-53(40)51)43-20-5-8-22-46(43)56(48)38-17-11-15-35(31-38)36-24-29-50-44(32-36)39-18-6-9-23-49(39)57-50/h1-32,39,49H. The third-order valence-electron chi connectivity index (χ3n) is 12.4. The quantitative estimate of drug-likeness (QED) is 0.175. The highest BCUT2D eigenvalue weighted by Gasteiger charge is 2.32. The first-order chi connectivity index (χ1) is 28.8. The Labute approximate surface area is 338 Å². The number of hydrogen-bond donors (Lipinski definition) is 0. The molecule has 0 radical (unpaired) electrons. The summed E-state index contributed by atoms with van der Waals surface area (Å²) < 4.78 is 13.9. The van der Waals surface area contributed by atoms with Crippen LogP contribution >= 0.6 is 11.3 Å². The molecule has 11 aromatic rings. The van der Waals surface area contributed by atoms with E-state index < -0.39 is 0 Å².